The van der Waals surface area contributed by atoms with Gasteiger partial charge in [-0.25, -0.2) is 0 Å². The number of anilines is 1. The van der Waals surface area contributed by atoms with E-state index in [1.807, 2.05) is 0 Å². The van der Waals surface area contributed by atoms with Crippen LogP contribution >= 0.6 is 15.9 Å². The number of carbonyl (C=O) groups is 1. The second kappa shape index (κ2) is 5.75. The number of halogens is 1. The van der Waals surface area contributed by atoms with Crippen molar-refractivity contribution in [1.29, 1.82) is 0 Å². The Bertz CT molecular complexity index is 613. The Morgan fingerprint density at radius 3 is 2.74 bits per heavy atom. The second-order valence-corrected chi connectivity index (χ2v) is 4.76. The third-order valence-electron chi connectivity index (χ3n) is 2.51. The van der Waals surface area contributed by atoms with Gasteiger partial charge in [-0.3, -0.25) is 4.79 Å². The van der Waals surface area contributed by atoms with Gasteiger partial charge < -0.3 is 15.2 Å². The highest BCUT2D eigenvalue weighted by atomic mass is 79.9. The molecule has 2 rings (SSSR count). The first kappa shape index (κ1) is 13.4. The number of rotatable bonds is 3. The van der Waals surface area contributed by atoms with E-state index in [2.05, 4.69) is 21.2 Å². The summed E-state index contributed by atoms with van der Waals surface area (Å²) in [5.41, 5.74) is 0.948. The Labute approximate surface area is 119 Å². The number of phenolic OH excluding ortho intramolecular Hbond substituents is 1. The highest BCUT2D eigenvalue weighted by molar-refractivity contribution is 9.10. The zero-order valence-electron chi connectivity index (χ0n) is 10.2. The van der Waals surface area contributed by atoms with Crippen molar-refractivity contribution in [2.75, 3.05) is 12.4 Å². The lowest BCUT2D eigenvalue weighted by molar-refractivity contribution is 0.102. The molecule has 0 aliphatic heterocycles. The molecule has 0 radical (unpaired) electrons. The van der Waals surface area contributed by atoms with Crippen molar-refractivity contribution in [3.63, 3.8) is 0 Å². The van der Waals surface area contributed by atoms with Crippen LogP contribution in [0.4, 0.5) is 5.69 Å². The van der Waals surface area contributed by atoms with Gasteiger partial charge in [-0.1, -0.05) is 22.0 Å². The van der Waals surface area contributed by atoms with Gasteiger partial charge in [-0.15, -0.1) is 0 Å². The molecule has 0 bridgehead atoms. The molecule has 0 aliphatic carbocycles. The lowest BCUT2D eigenvalue weighted by Crippen LogP contribution is -2.13. The number of benzene rings is 2. The molecule has 0 saturated carbocycles. The van der Waals surface area contributed by atoms with Crippen molar-refractivity contribution in [2.45, 2.75) is 0 Å². The Morgan fingerprint density at radius 2 is 2.05 bits per heavy atom. The molecular formula is C14H12BrNO3. The molecule has 0 spiro atoms. The summed E-state index contributed by atoms with van der Waals surface area (Å²) in [4.78, 5) is 12.1. The van der Waals surface area contributed by atoms with Gasteiger partial charge in [0.2, 0.25) is 0 Å². The van der Waals surface area contributed by atoms with Gasteiger partial charge in [0.1, 0.15) is 11.5 Å². The van der Waals surface area contributed by atoms with Crippen LogP contribution in [0.3, 0.4) is 0 Å². The molecule has 0 fully saturated rings. The number of ether oxygens (including phenoxy) is 1. The monoisotopic (exact) mass is 321 g/mol. The van der Waals surface area contributed by atoms with Crippen LogP contribution in [-0.2, 0) is 0 Å². The number of hydrogen-bond donors (Lipinski definition) is 2. The van der Waals surface area contributed by atoms with E-state index in [0.29, 0.717) is 17.0 Å². The molecule has 4 nitrogen and oxygen atoms in total. The summed E-state index contributed by atoms with van der Waals surface area (Å²) >= 11 is 3.32. The summed E-state index contributed by atoms with van der Waals surface area (Å²) in [6.45, 7) is 0. The largest absolute Gasteiger partial charge is 0.508 e. The van der Waals surface area contributed by atoms with Crippen LogP contribution in [0.2, 0.25) is 0 Å². The van der Waals surface area contributed by atoms with Gasteiger partial charge in [0.15, 0.2) is 0 Å². The number of methoxy groups -OCH3 is 1. The number of phenols is 1. The van der Waals surface area contributed by atoms with Crippen molar-refractivity contribution >= 4 is 27.5 Å². The molecule has 1 amide bonds. The molecule has 2 N–H and O–H groups in total. The van der Waals surface area contributed by atoms with Crippen LogP contribution in [0, 0.1) is 0 Å². The van der Waals surface area contributed by atoms with Gasteiger partial charge in [0, 0.05) is 16.2 Å². The standard InChI is InChI=1S/C14H12BrNO3/c1-19-13-7-9(15)5-6-12(13)14(18)16-10-3-2-4-11(17)8-10/h2-8,17H,1H3,(H,16,18). The topological polar surface area (TPSA) is 58.6 Å². The van der Waals surface area contributed by atoms with E-state index in [9.17, 15) is 9.90 Å². The van der Waals surface area contributed by atoms with Gasteiger partial charge in [-0.05, 0) is 30.3 Å². The SMILES string of the molecule is COc1cc(Br)ccc1C(=O)Nc1cccc(O)c1. The molecule has 5 heteroatoms. The van der Waals surface area contributed by atoms with Gasteiger partial charge >= 0.3 is 0 Å². The van der Waals surface area contributed by atoms with Crippen LogP contribution in [0.15, 0.2) is 46.9 Å². The molecule has 19 heavy (non-hydrogen) atoms. The molecule has 0 atom stereocenters. The summed E-state index contributed by atoms with van der Waals surface area (Å²) in [5.74, 6) is 0.280. The predicted molar refractivity (Wildman–Crippen MR) is 76.8 cm³/mol. The lowest BCUT2D eigenvalue weighted by Gasteiger charge is -2.10. The van der Waals surface area contributed by atoms with Crippen LogP contribution < -0.4 is 10.1 Å². The van der Waals surface area contributed by atoms with E-state index >= 15 is 0 Å². The molecule has 0 saturated heterocycles. The zero-order valence-corrected chi connectivity index (χ0v) is 11.8. The third-order valence-corrected chi connectivity index (χ3v) is 3.01. The Kier molecular flexibility index (Phi) is 4.06. The summed E-state index contributed by atoms with van der Waals surface area (Å²) < 4.78 is 6.00. The van der Waals surface area contributed by atoms with E-state index in [1.54, 1.807) is 30.3 Å². The molecule has 0 heterocycles. The quantitative estimate of drug-likeness (QED) is 0.910. The third kappa shape index (κ3) is 3.26. The van der Waals surface area contributed by atoms with E-state index in [1.165, 1.54) is 19.2 Å². The van der Waals surface area contributed by atoms with Crippen LogP contribution in [0.5, 0.6) is 11.5 Å². The van der Waals surface area contributed by atoms with Crippen molar-refractivity contribution in [3.05, 3.63) is 52.5 Å². The molecule has 98 valence electrons. The first-order chi connectivity index (χ1) is 9.10. The number of hydrogen-bond acceptors (Lipinski definition) is 3. The maximum absolute atomic E-state index is 12.1. The average molecular weight is 322 g/mol. The Balaban J connectivity index is 2.25. The van der Waals surface area contributed by atoms with Crippen LogP contribution in [0.25, 0.3) is 0 Å². The first-order valence-corrected chi connectivity index (χ1v) is 6.33. The van der Waals surface area contributed by atoms with Crippen molar-refractivity contribution in [1.82, 2.24) is 0 Å². The average Bonchev–Trinajstić information content (AvgIpc) is 2.38. The van der Waals surface area contributed by atoms with Crippen molar-refractivity contribution < 1.29 is 14.6 Å². The number of amides is 1. The Morgan fingerprint density at radius 1 is 1.26 bits per heavy atom. The van der Waals surface area contributed by atoms with E-state index in [0.717, 1.165) is 4.47 Å². The molecular weight excluding hydrogens is 310 g/mol. The fourth-order valence-corrected chi connectivity index (χ4v) is 1.97. The van der Waals surface area contributed by atoms with Crippen molar-refractivity contribution in [2.24, 2.45) is 0 Å². The minimum Gasteiger partial charge on any atom is -0.508 e. The molecule has 0 aliphatic rings. The summed E-state index contributed by atoms with van der Waals surface area (Å²) in [5, 5.41) is 12.1. The van der Waals surface area contributed by atoms with E-state index in [-0.39, 0.29) is 11.7 Å². The van der Waals surface area contributed by atoms with Crippen molar-refractivity contribution in [3.8, 4) is 11.5 Å². The summed E-state index contributed by atoms with van der Waals surface area (Å²) in [7, 11) is 1.51. The highest BCUT2D eigenvalue weighted by Gasteiger charge is 2.12. The van der Waals surface area contributed by atoms with Gasteiger partial charge in [0.25, 0.3) is 5.91 Å². The highest BCUT2D eigenvalue weighted by Crippen LogP contribution is 2.25. The fourth-order valence-electron chi connectivity index (χ4n) is 1.63. The summed E-state index contributed by atoms with van der Waals surface area (Å²) in [6, 6.07) is 11.5. The van der Waals surface area contributed by atoms with Crippen LogP contribution in [-0.4, -0.2) is 18.1 Å². The molecule has 0 unspecified atom stereocenters. The molecule has 0 aromatic heterocycles. The fraction of sp³-hybridized carbons (Fsp3) is 0.0714. The number of nitrogens with one attached hydrogen (secondary N) is 1. The van der Waals surface area contributed by atoms with Gasteiger partial charge in [-0.2, -0.15) is 0 Å². The Hall–Kier alpha value is -2.01. The zero-order chi connectivity index (χ0) is 13.8. The van der Waals surface area contributed by atoms with Crippen LogP contribution in [0.1, 0.15) is 10.4 Å². The second-order valence-electron chi connectivity index (χ2n) is 3.85. The molecule has 2 aromatic rings. The normalized spacial score (nSPS) is 10.0. The maximum atomic E-state index is 12.1. The lowest BCUT2D eigenvalue weighted by atomic mass is 10.2. The minimum absolute atomic E-state index is 0.0978. The molecule has 2 aromatic carbocycles. The van der Waals surface area contributed by atoms with Gasteiger partial charge in [0.05, 0.1) is 12.7 Å². The number of carbonyl (C=O) groups excluding carboxylic acids is 1. The minimum atomic E-state index is -0.296. The first-order valence-electron chi connectivity index (χ1n) is 5.54. The van der Waals surface area contributed by atoms with E-state index < -0.39 is 0 Å². The number of aromatic hydroxyl groups is 1. The summed E-state index contributed by atoms with van der Waals surface area (Å²) in [6.07, 6.45) is 0. The smallest absolute Gasteiger partial charge is 0.259 e. The van der Waals surface area contributed by atoms with E-state index in [4.69, 9.17) is 4.74 Å². The predicted octanol–water partition coefficient (Wildman–Crippen LogP) is 3.42. The maximum Gasteiger partial charge on any atom is 0.259 e.